The molecule has 2 heteroatoms. The summed E-state index contributed by atoms with van der Waals surface area (Å²) in [4.78, 5) is 1.79. The lowest BCUT2D eigenvalue weighted by Crippen LogP contribution is -2.10. The fourth-order valence-electron chi connectivity index (χ4n) is 4.79. The van der Waals surface area contributed by atoms with Crippen LogP contribution in [-0.4, -0.2) is 0 Å². The highest BCUT2D eigenvalue weighted by Gasteiger charge is 2.19. The molecule has 0 spiro atoms. The van der Waals surface area contributed by atoms with Gasteiger partial charge in [-0.15, -0.1) is 0 Å². The van der Waals surface area contributed by atoms with Crippen LogP contribution in [0.15, 0.2) is 156 Å². The molecule has 7 rings (SSSR count). The van der Waals surface area contributed by atoms with Gasteiger partial charge in [-0.3, -0.25) is 0 Å². The molecule has 0 fully saturated rings. The van der Waals surface area contributed by atoms with Crippen LogP contribution in [0.4, 0.5) is 17.1 Å². The average Bonchev–Trinajstić information content (AvgIpc) is 3.49. The van der Waals surface area contributed by atoms with Gasteiger partial charge in [0.2, 0.25) is 0 Å². The first-order valence-corrected chi connectivity index (χ1v) is 12.3. The standard InChI is InChI=1S/C36H25NO/c1-3-10-26(11-4-1)28-18-22-30(23-19-28)37(31-24-20-29(21-25-31)27-12-5-2-6-13-27)33-15-9-17-35-36(33)32-14-7-8-16-34(32)38-35/h1-25H/i7D,8D,9D,14D,15D,16D,17D. The molecule has 1 heterocycles. The fraction of sp³-hybridized carbons (Fsp3) is 0. The Morgan fingerprint density at radius 1 is 0.474 bits per heavy atom. The number of hydrogen-bond donors (Lipinski definition) is 0. The van der Waals surface area contributed by atoms with Crippen LogP contribution in [0.3, 0.4) is 0 Å². The smallest absolute Gasteiger partial charge is 0.137 e. The first-order chi connectivity index (χ1) is 21.8. The molecule has 0 aliphatic rings. The molecule has 2 nitrogen and oxygen atoms in total. The second-order valence-electron chi connectivity index (χ2n) is 8.90. The summed E-state index contributed by atoms with van der Waals surface area (Å²) >= 11 is 0. The summed E-state index contributed by atoms with van der Waals surface area (Å²) in [7, 11) is 0. The van der Waals surface area contributed by atoms with E-state index in [0.717, 1.165) is 22.3 Å². The van der Waals surface area contributed by atoms with Crippen molar-refractivity contribution in [2.24, 2.45) is 0 Å². The molecule has 6 aromatic carbocycles. The predicted octanol–water partition coefficient (Wildman–Crippen LogP) is 10.4. The van der Waals surface area contributed by atoms with Crippen LogP contribution < -0.4 is 4.90 Å². The Balaban J connectivity index is 1.53. The highest BCUT2D eigenvalue weighted by Crippen LogP contribution is 2.43. The van der Waals surface area contributed by atoms with E-state index in [1.807, 2.05) is 109 Å². The van der Waals surface area contributed by atoms with Crippen LogP contribution in [0.2, 0.25) is 0 Å². The minimum absolute atomic E-state index is 0.0693. The van der Waals surface area contributed by atoms with E-state index in [4.69, 9.17) is 14.0 Å². The quantitative estimate of drug-likeness (QED) is 0.237. The Labute approximate surface area is 231 Å². The summed E-state index contributed by atoms with van der Waals surface area (Å²) in [6.07, 6.45) is 0. The third-order valence-corrected chi connectivity index (χ3v) is 6.62. The van der Waals surface area contributed by atoms with Crippen molar-refractivity contribution < 1.29 is 14.0 Å². The lowest BCUT2D eigenvalue weighted by atomic mass is 10.0. The van der Waals surface area contributed by atoms with Crippen LogP contribution in [0.5, 0.6) is 0 Å². The van der Waals surface area contributed by atoms with E-state index < -0.39 is 12.1 Å². The van der Waals surface area contributed by atoms with Crippen molar-refractivity contribution in [3.05, 3.63) is 151 Å². The number of hydrogen-bond acceptors (Lipinski definition) is 2. The average molecular weight is 495 g/mol. The van der Waals surface area contributed by atoms with Gasteiger partial charge in [-0.1, -0.05) is 109 Å². The molecule has 0 unspecified atom stereocenters. The van der Waals surface area contributed by atoms with E-state index in [2.05, 4.69) is 0 Å². The molecule has 7 aromatic rings. The lowest BCUT2D eigenvalue weighted by Gasteiger charge is -2.26. The van der Waals surface area contributed by atoms with Gasteiger partial charge < -0.3 is 9.32 Å². The minimum Gasteiger partial charge on any atom is -0.456 e. The van der Waals surface area contributed by atoms with Crippen LogP contribution >= 0.6 is 0 Å². The van der Waals surface area contributed by atoms with Crippen LogP contribution in [0.1, 0.15) is 9.60 Å². The second kappa shape index (κ2) is 9.42. The topological polar surface area (TPSA) is 16.4 Å². The second-order valence-corrected chi connectivity index (χ2v) is 8.90. The zero-order valence-electron chi connectivity index (χ0n) is 27.2. The summed E-state index contributed by atoms with van der Waals surface area (Å²) in [5, 5.41) is 0.252. The molecule has 38 heavy (non-hydrogen) atoms. The summed E-state index contributed by atoms with van der Waals surface area (Å²) < 4.78 is 66.3. The van der Waals surface area contributed by atoms with Gasteiger partial charge in [-0.05, 0) is 64.6 Å². The molecular formula is C36H25NO. The molecular weight excluding hydrogens is 462 g/mol. The van der Waals surface area contributed by atoms with Crippen molar-refractivity contribution in [1.29, 1.82) is 0 Å². The van der Waals surface area contributed by atoms with E-state index in [9.17, 15) is 0 Å². The molecule has 0 atom stereocenters. The number of anilines is 3. The monoisotopic (exact) mass is 494 g/mol. The van der Waals surface area contributed by atoms with Crippen LogP contribution in [-0.2, 0) is 0 Å². The van der Waals surface area contributed by atoms with E-state index in [1.165, 1.54) is 0 Å². The molecule has 0 N–H and O–H groups in total. The number of nitrogens with zero attached hydrogens (tertiary/aromatic N) is 1. The van der Waals surface area contributed by atoms with Gasteiger partial charge in [0.1, 0.15) is 11.2 Å². The molecule has 0 saturated carbocycles. The van der Waals surface area contributed by atoms with Gasteiger partial charge in [-0.25, -0.2) is 0 Å². The van der Waals surface area contributed by atoms with Gasteiger partial charge in [0, 0.05) is 16.8 Å². The third kappa shape index (κ3) is 3.93. The molecule has 1 aromatic heterocycles. The highest BCUT2D eigenvalue weighted by molar-refractivity contribution is 6.13. The van der Waals surface area contributed by atoms with Gasteiger partial charge in [0.25, 0.3) is 0 Å². The van der Waals surface area contributed by atoms with Crippen LogP contribution in [0.25, 0.3) is 44.2 Å². The maximum absolute atomic E-state index is 9.15. The maximum Gasteiger partial charge on any atom is 0.137 e. The number of furan rings is 1. The largest absolute Gasteiger partial charge is 0.456 e. The molecule has 0 radical (unpaired) electrons. The summed E-state index contributed by atoms with van der Waals surface area (Å²) in [6.45, 7) is 0. The Morgan fingerprint density at radius 2 is 0.974 bits per heavy atom. The number of fused-ring (bicyclic) bond motifs is 3. The van der Waals surface area contributed by atoms with Crippen molar-refractivity contribution in [3.8, 4) is 22.3 Å². The zero-order chi connectivity index (χ0) is 31.4. The SMILES string of the molecule is [2H]c1c([2H])c([2H])c2c(oc3c([2H])c([2H])c([2H])c(N(c4ccc(-c5ccccc5)cc4)c4ccc(-c5ccccc5)cc4)c32)c1[2H]. The van der Waals surface area contributed by atoms with Gasteiger partial charge in [0.15, 0.2) is 0 Å². The molecule has 0 bridgehead atoms. The van der Waals surface area contributed by atoms with Crippen molar-refractivity contribution >= 4 is 39.0 Å². The van der Waals surface area contributed by atoms with E-state index in [1.54, 1.807) is 4.90 Å². The summed E-state index contributed by atoms with van der Waals surface area (Å²) in [5.74, 6) is 0. The molecule has 0 amide bonds. The van der Waals surface area contributed by atoms with Gasteiger partial charge in [-0.2, -0.15) is 0 Å². The predicted molar refractivity (Wildman–Crippen MR) is 159 cm³/mol. The first kappa shape index (κ1) is 15.9. The maximum atomic E-state index is 9.15. The molecule has 0 aliphatic heterocycles. The fourth-order valence-corrected chi connectivity index (χ4v) is 4.79. The van der Waals surface area contributed by atoms with E-state index in [0.29, 0.717) is 11.4 Å². The highest BCUT2D eigenvalue weighted by atomic mass is 16.3. The summed E-state index contributed by atoms with van der Waals surface area (Å²) in [5.41, 5.74) is 5.36. The Morgan fingerprint density at radius 3 is 1.55 bits per heavy atom. The lowest BCUT2D eigenvalue weighted by molar-refractivity contribution is 0.669. The third-order valence-electron chi connectivity index (χ3n) is 6.62. The number of para-hydroxylation sites is 1. The Bertz CT molecular complexity index is 2130. The van der Waals surface area contributed by atoms with Crippen molar-refractivity contribution in [2.45, 2.75) is 0 Å². The minimum atomic E-state index is -0.457. The number of rotatable bonds is 5. The number of benzene rings is 6. The Kier molecular flexibility index (Phi) is 3.94. The molecule has 0 saturated heterocycles. The summed E-state index contributed by atoms with van der Waals surface area (Å²) in [6, 6.07) is 32.8. The van der Waals surface area contributed by atoms with Crippen molar-refractivity contribution in [3.63, 3.8) is 0 Å². The molecule has 0 aliphatic carbocycles. The first-order valence-electron chi connectivity index (χ1n) is 15.8. The van der Waals surface area contributed by atoms with E-state index in [-0.39, 0.29) is 57.8 Å². The normalized spacial score (nSPS) is 13.7. The molecule has 180 valence electrons. The zero-order valence-corrected chi connectivity index (χ0v) is 20.2. The van der Waals surface area contributed by atoms with Crippen molar-refractivity contribution in [2.75, 3.05) is 4.90 Å². The van der Waals surface area contributed by atoms with Gasteiger partial charge >= 0.3 is 0 Å². The van der Waals surface area contributed by atoms with Crippen LogP contribution in [0, 0.1) is 0 Å². The van der Waals surface area contributed by atoms with Crippen molar-refractivity contribution in [1.82, 2.24) is 0 Å². The van der Waals surface area contributed by atoms with Gasteiger partial charge in [0.05, 0.1) is 20.7 Å². The van der Waals surface area contributed by atoms with E-state index >= 15 is 0 Å². The Hall–Kier alpha value is -5.08.